The largest absolute Gasteiger partial charge is 0.486 e. The Bertz CT molecular complexity index is 801. The summed E-state index contributed by atoms with van der Waals surface area (Å²) in [4.78, 5) is 19.1. The summed E-state index contributed by atoms with van der Waals surface area (Å²) in [6.45, 7) is 3.16. The summed E-state index contributed by atoms with van der Waals surface area (Å²) in [5, 5.41) is 17.5. The molecular formula is C16H19N5O5. The highest BCUT2D eigenvalue weighted by atomic mass is 16.6. The van der Waals surface area contributed by atoms with Gasteiger partial charge in [0.2, 0.25) is 11.6 Å². The first-order chi connectivity index (χ1) is 12.6. The molecule has 10 heteroatoms. The van der Waals surface area contributed by atoms with Crippen molar-refractivity contribution in [2.45, 2.75) is 13.0 Å². The maximum Gasteiger partial charge on any atom is 0.353 e. The van der Waals surface area contributed by atoms with E-state index in [2.05, 4.69) is 20.6 Å². The number of hydrogen-bond acceptors (Lipinski definition) is 9. The molecule has 1 unspecified atom stereocenters. The summed E-state index contributed by atoms with van der Waals surface area (Å²) in [5.41, 5.74) is 0.345. The Labute approximate surface area is 149 Å². The summed E-state index contributed by atoms with van der Waals surface area (Å²) in [7, 11) is 1.56. The van der Waals surface area contributed by atoms with Crippen LogP contribution in [0.5, 0.6) is 11.5 Å². The molecule has 0 saturated heterocycles. The highest BCUT2D eigenvalue weighted by Crippen LogP contribution is 2.36. The number of rotatable bonds is 7. The standard InChI is InChI=1S/C16H19N5O5/c1-10(8-24-2)19-15-14(21(22)23)16(18-9-17-15)20-11-3-4-12-13(7-11)26-6-5-25-12/h3-4,7,9-10H,5-6,8H2,1-2H3,(H2,17,18,19,20). The lowest BCUT2D eigenvalue weighted by Crippen LogP contribution is -2.22. The fraction of sp³-hybridized carbons (Fsp3) is 0.375. The van der Waals surface area contributed by atoms with Gasteiger partial charge in [0, 0.05) is 24.9 Å². The molecule has 0 aliphatic carbocycles. The van der Waals surface area contributed by atoms with Crippen molar-refractivity contribution in [2.24, 2.45) is 0 Å². The SMILES string of the molecule is COCC(C)Nc1ncnc(Nc2ccc3c(c2)OCCO3)c1[N+](=O)[O-]. The van der Waals surface area contributed by atoms with Crippen LogP contribution in [-0.2, 0) is 4.74 Å². The van der Waals surface area contributed by atoms with Crippen molar-refractivity contribution in [3.63, 3.8) is 0 Å². The van der Waals surface area contributed by atoms with Gasteiger partial charge in [-0.05, 0) is 19.1 Å². The Kier molecular flexibility index (Phi) is 5.32. The van der Waals surface area contributed by atoms with Gasteiger partial charge < -0.3 is 24.8 Å². The van der Waals surface area contributed by atoms with Crippen LogP contribution < -0.4 is 20.1 Å². The third-order valence-corrected chi connectivity index (χ3v) is 3.61. The molecule has 2 heterocycles. The van der Waals surface area contributed by atoms with E-state index >= 15 is 0 Å². The van der Waals surface area contributed by atoms with Crippen LogP contribution in [0.1, 0.15) is 6.92 Å². The molecule has 0 bridgehead atoms. The van der Waals surface area contributed by atoms with Crippen molar-refractivity contribution in [1.82, 2.24) is 9.97 Å². The van der Waals surface area contributed by atoms with E-state index in [4.69, 9.17) is 14.2 Å². The zero-order valence-corrected chi connectivity index (χ0v) is 14.4. The quantitative estimate of drug-likeness (QED) is 0.565. The van der Waals surface area contributed by atoms with Crippen molar-refractivity contribution >= 4 is 23.0 Å². The highest BCUT2D eigenvalue weighted by molar-refractivity contribution is 5.74. The number of nitrogens with one attached hydrogen (secondary N) is 2. The van der Waals surface area contributed by atoms with Crippen molar-refractivity contribution in [3.05, 3.63) is 34.6 Å². The van der Waals surface area contributed by atoms with Crippen molar-refractivity contribution in [1.29, 1.82) is 0 Å². The maximum absolute atomic E-state index is 11.6. The number of benzene rings is 1. The van der Waals surface area contributed by atoms with Gasteiger partial charge in [-0.25, -0.2) is 9.97 Å². The second-order valence-electron chi connectivity index (χ2n) is 5.66. The van der Waals surface area contributed by atoms with Gasteiger partial charge in [-0.2, -0.15) is 0 Å². The van der Waals surface area contributed by atoms with Crippen LogP contribution in [0.25, 0.3) is 0 Å². The van der Waals surface area contributed by atoms with Crippen LogP contribution in [0.4, 0.5) is 23.0 Å². The fourth-order valence-corrected chi connectivity index (χ4v) is 2.53. The summed E-state index contributed by atoms with van der Waals surface area (Å²) in [5.74, 6) is 1.41. The van der Waals surface area contributed by atoms with Crippen molar-refractivity contribution in [3.8, 4) is 11.5 Å². The third-order valence-electron chi connectivity index (χ3n) is 3.61. The van der Waals surface area contributed by atoms with Crippen molar-refractivity contribution < 1.29 is 19.1 Å². The molecule has 1 aliphatic heterocycles. The molecule has 0 spiro atoms. The first-order valence-corrected chi connectivity index (χ1v) is 8.00. The Morgan fingerprint density at radius 1 is 1.27 bits per heavy atom. The molecular weight excluding hydrogens is 342 g/mol. The minimum Gasteiger partial charge on any atom is -0.486 e. The lowest BCUT2D eigenvalue weighted by atomic mass is 10.2. The van der Waals surface area contributed by atoms with Crippen LogP contribution in [0, 0.1) is 10.1 Å². The molecule has 1 atom stereocenters. The second-order valence-corrected chi connectivity index (χ2v) is 5.66. The topological polar surface area (TPSA) is 121 Å². The predicted octanol–water partition coefficient (Wildman–Crippen LogP) is 2.35. The van der Waals surface area contributed by atoms with E-state index in [0.29, 0.717) is 37.0 Å². The normalized spacial score (nSPS) is 13.8. The van der Waals surface area contributed by atoms with Crippen molar-refractivity contribution in [2.75, 3.05) is 37.6 Å². The number of hydrogen-bond donors (Lipinski definition) is 2. The highest BCUT2D eigenvalue weighted by Gasteiger charge is 2.24. The van der Waals surface area contributed by atoms with Crippen LogP contribution in [0.2, 0.25) is 0 Å². The molecule has 138 valence electrons. The molecule has 26 heavy (non-hydrogen) atoms. The molecule has 1 aromatic carbocycles. The predicted molar refractivity (Wildman–Crippen MR) is 94.4 cm³/mol. The van der Waals surface area contributed by atoms with E-state index in [9.17, 15) is 10.1 Å². The summed E-state index contributed by atoms with van der Waals surface area (Å²) >= 11 is 0. The van der Waals surface area contributed by atoms with E-state index in [-0.39, 0.29) is 23.4 Å². The number of nitrogens with zero attached hydrogens (tertiary/aromatic N) is 3. The lowest BCUT2D eigenvalue weighted by molar-refractivity contribution is -0.383. The van der Waals surface area contributed by atoms with Gasteiger partial charge in [0.05, 0.1) is 11.5 Å². The molecule has 2 N–H and O–H groups in total. The van der Waals surface area contributed by atoms with E-state index in [0.717, 1.165) is 0 Å². The fourth-order valence-electron chi connectivity index (χ4n) is 2.53. The first kappa shape index (κ1) is 17.7. The first-order valence-electron chi connectivity index (χ1n) is 8.00. The third kappa shape index (κ3) is 3.91. The Morgan fingerprint density at radius 2 is 2.00 bits per heavy atom. The van der Waals surface area contributed by atoms with E-state index in [1.54, 1.807) is 25.3 Å². The average molecular weight is 361 g/mol. The van der Waals surface area contributed by atoms with Gasteiger partial charge in [-0.1, -0.05) is 0 Å². The number of anilines is 3. The number of methoxy groups -OCH3 is 1. The Morgan fingerprint density at radius 3 is 2.73 bits per heavy atom. The number of aromatic nitrogens is 2. The molecule has 0 saturated carbocycles. The van der Waals surface area contributed by atoms with E-state index in [1.165, 1.54) is 6.33 Å². The van der Waals surface area contributed by atoms with Gasteiger partial charge in [0.1, 0.15) is 19.5 Å². The maximum atomic E-state index is 11.6. The number of nitro groups is 1. The smallest absolute Gasteiger partial charge is 0.353 e. The second kappa shape index (κ2) is 7.83. The van der Waals surface area contributed by atoms with Crippen LogP contribution in [0.15, 0.2) is 24.5 Å². The minimum absolute atomic E-state index is 0.0776. The molecule has 1 aliphatic rings. The number of ether oxygens (including phenoxy) is 3. The Hall–Kier alpha value is -3.14. The minimum atomic E-state index is -0.526. The van der Waals surface area contributed by atoms with E-state index in [1.807, 2.05) is 6.92 Å². The summed E-state index contributed by atoms with van der Waals surface area (Å²) < 4.78 is 16.0. The van der Waals surface area contributed by atoms with Crippen LogP contribution in [0.3, 0.4) is 0 Å². The zero-order chi connectivity index (χ0) is 18.5. The molecule has 10 nitrogen and oxygen atoms in total. The van der Waals surface area contributed by atoms with Crippen LogP contribution >= 0.6 is 0 Å². The average Bonchev–Trinajstić information content (AvgIpc) is 2.61. The summed E-state index contributed by atoms with van der Waals surface area (Å²) in [6, 6.07) is 5.03. The monoisotopic (exact) mass is 361 g/mol. The molecule has 3 rings (SSSR count). The zero-order valence-electron chi connectivity index (χ0n) is 14.4. The molecule has 2 aromatic rings. The van der Waals surface area contributed by atoms with Gasteiger partial charge in [0.25, 0.3) is 0 Å². The van der Waals surface area contributed by atoms with Gasteiger partial charge in [0.15, 0.2) is 11.5 Å². The Balaban J connectivity index is 1.88. The van der Waals surface area contributed by atoms with Gasteiger partial charge in [-0.15, -0.1) is 0 Å². The lowest BCUT2D eigenvalue weighted by Gasteiger charge is -2.19. The van der Waals surface area contributed by atoms with Gasteiger partial charge in [-0.3, -0.25) is 10.1 Å². The van der Waals surface area contributed by atoms with Gasteiger partial charge >= 0.3 is 5.69 Å². The molecule has 0 amide bonds. The van der Waals surface area contributed by atoms with Crippen LogP contribution in [-0.4, -0.2) is 47.9 Å². The molecule has 0 radical (unpaired) electrons. The molecule has 1 aromatic heterocycles. The van der Waals surface area contributed by atoms with E-state index < -0.39 is 4.92 Å². The number of fused-ring (bicyclic) bond motifs is 1. The summed E-state index contributed by atoms with van der Waals surface area (Å²) in [6.07, 6.45) is 1.26. The molecule has 0 fully saturated rings.